The molecule has 0 amide bonds. The van der Waals surface area contributed by atoms with E-state index >= 15 is 0 Å². The first-order valence-corrected chi connectivity index (χ1v) is 34.7. The number of carbonyl (C=O) groups is 3. The van der Waals surface area contributed by atoms with E-state index in [9.17, 15) is 14.4 Å². The highest BCUT2D eigenvalue weighted by molar-refractivity contribution is 5.72. The zero-order valence-corrected chi connectivity index (χ0v) is 54.2. The van der Waals surface area contributed by atoms with Crippen molar-refractivity contribution in [3.8, 4) is 0 Å². The molecule has 0 aromatic carbocycles. The molecule has 0 aromatic rings. The summed E-state index contributed by atoms with van der Waals surface area (Å²) in [4.78, 5) is 38.3. The average Bonchev–Trinajstić information content (AvgIpc) is 3.49. The molecule has 1 unspecified atom stereocenters. The minimum atomic E-state index is -0.823. The molecule has 0 aliphatic heterocycles. The van der Waals surface area contributed by atoms with Gasteiger partial charge >= 0.3 is 17.9 Å². The van der Waals surface area contributed by atoms with Crippen LogP contribution in [-0.2, 0) is 28.6 Å². The third-order valence-electron chi connectivity index (χ3n) is 14.7. The van der Waals surface area contributed by atoms with E-state index in [4.69, 9.17) is 14.2 Å². The van der Waals surface area contributed by atoms with Gasteiger partial charge in [-0.25, -0.2) is 0 Å². The molecule has 0 aromatic heterocycles. The average molecular weight is 1150 g/mol. The monoisotopic (exact) mass is 1150 g/mol. The Bertz CT molecular complexity index is 1750. The van der Waals surface area contributed by atoms with Crippen LogP contribution >= 0.6 is 0 Å². The zero-order chi connectivity index (χ0) is 59.9. The lowest BCUT2D eigenvalue weighted by molar-refractivity contribution is -0.166. The summed E-state index contributed by atoms with van der Waals surface area (Å²) in [7, 11) is 0. The molecular weight excluding hydrogens is 1020 g/mol. The normalized spacial score (nSPS) is 13.0. The van der Waals surface area contributed by atoms with E-state index in [1.807, 2.05) is 6.08 Å². The van der Waals surface area contributed by atoms with Crippen molar-refractivity contribution in [2.75, 3.05) is 13.2 Å². The second-order valence-electron chi connectivity index (χ2n) is 22.7. The summed E-state index contributed by atoms with van der Waals surface area (Å²) in [6.45, 7) is 6.34. The fraction of sp³-hybridized carbons (Fsp3) is 0.675. The summed E-state index contributed by atoms with van der Waals surface area (Å²) < 4.78 is 16.9. The van der Waals surface area contributed by atoms with E-state index in [2.05, 4.69) is 142 Å². The van der Waals surface area contributed by atoms with Gasteiger partial charge in [-0.1, -0.05) is 315 Å². The Morgan fingerprint density at radius 3 is 0.855 bits per heavy atom. The van der Waals surface area contributed by atoms with Gasteiger partial charge in [-0.3, -0.25) is 14.4 Å². The summed E-state index contributed by atoms with van der Waals surface area (Å²) in [6.07, 6.45) is 99.3. The van der Waals surface area contributed by atoms with Crippen molar-refractivity contribution in [3.05, 3.63) is 134 Å². The van der Waals surface area contributed by atoms with Crippen LogP contribution in [0.4, 0.5) is 0 Å². The first kappa shape index (κ1) is 78.5. The van der Waals surface area contributed by atoms with Crippen LogP contribution in [0, 0.1) is 0 Å². The number of ether oxygens (including phenoxy) is 3. The van der Waals surface area contributed by atoms with Crippen molar-refractivity contribution in [2.45, 2.75) is 322 Å². The van der Waals surface area contributed by atoms with Crippen molar-refractivity contribution >= 4 is 17.9 Å². The molecule has 0 fully saturated rings. The molecule has 0 spiro atoms. The van der Waals surface area contributed by atoms with Gasteiger partial charge in [0.25, 0.3) is 0 Å². The van der Waals surface area contributed by atoms with Crippen LogP contribution in [0.3, 0.4) is 0 Å². The van der Waals surface area contributed by atoms with Crippen LogP contribution in [0.5, 0.6) is 0 Å². The van der Waals surface area contributed by atoms with Crippen molar-refractivity contribution in [1.29, 1.82) is 0 Å². The Morgan fingerprint density at radius 1 is 0.265 bits per heavy atom. The minimum Gasteiger partial charge on any atom is -0.462 e. The Balaban J connectivity index is 4.32. The van der Waals surface area contributed by atoms with Gasteiger partial charge in [0.2, 0.25) is 0 Å². The Kier molecular flexibility index (Phi) is 66.3. The minimum absolute atomic E-state index is 0.110. The molecule has 472 valence electrons. The number of unbranched alkanes of at least 4 members (excludes halogenated alkanes) is 30. The number of hydrogen-bond acceptors (Lipinski definition) is 6. The summed E-state index contributed by atoms with van der Waals surface area (Å²) >= 11 is 0. The predicted molar refractivity (Wildman–Crippen MR) is 362 cm³/mol. The van der Waals surface area contributed by atoms with Crippen LogP contribution in [0.15, 0.2) is 134 Å². The van der Waals surface area contributed by atoms with E-state index in [1.54, 1.807) is 6.08 Å². The smallest absolute Gasteiger partial charge is 0.309 e. The fourth-order valence-corrected chi connectivity index (χ4v) is 9.54. The lowest BCUT2D eigenvalue weighted by atomic mass is 10.0. The molecule has 1 atom stereocenters. The SMILES string of the molecule is CC/C=C\C/C=C\C/C=C\C/C=C\C/C=C\CCCCCCCCCCCCCCCCCC(=O)OCC(COC(=O)C/C=C\C/C=C\C/C=C\C/C=C\C/C=C\CC)OC(=O)CCCCCCCCCCC/C=C\CCCCCCCC. The highest BCUT2D eigenvalue weighted by atomic mass is 16.6. The van der Waals surface area contributed by atoms with E-state index in [0.717, 1.165) is 103 Å². The highest BCUT2D eigenvalue weighted by Gasteiger charge is 2.19. The van der Waals surface area contributed by atoms with Crippen LogP contribution in [-0.4, -0.2) is 37.2 Å². The molecule has 83 heavy (non-hydrogen) atoms. The zero-order valence-electron chi connectivity index (χ0n) is 54.2. The van der Waals surface area contributed by atoms with E-state index < -0.39 is 12.1 Å². The predicted octanol–water partition coefficient (Wildman–Crippen LogP) is 24.1. The van der Waals surface area contributed by atoms with Gasteiger partial charge < -0.3 is 14.2 Å². The van der Waals surface area contributed by atoms with Crippen molar-refractivity contribution in [3.63, 3.8) is 0 Å². The standard InChI is InChI=1S/C77H128O6/c1-4-7-10-13-16-19-22-25-28-30-32-33-34-35-36-37-38-39-40-41-42-43-45-46-49-52-55-58-61-64-67-70-76(79)82-73-74(72-81-75(78)69-66-63-60-57-54-51-48-27-24-21-18-15-12-9-6-3)83-77(80)71-68-65-62-59-56-53-50-47-44-31-29-26-23-20-17-14-11-8-5-2/h7,9-10,12,16,18-19,21,25-29,32-33,35-36,48,54,57,63,66,74H,4-6,8,11,13-15,17,20,22-24,30-31,34,37-47,49-53,55-56,58-62,64-65,67-73H2,1-3H3/b10-7-,12-9-,19-16-,21-18-,28-25-,29-26-,33-32-,36-35-,48-27-,57-54-,66-63-. The van der Waals surface area contributed by atoms with Crippen molar-refractivity contribution < 1.29 is 28.6 Å². The summed E-state index contributed by atoms with van der Waals surface area (Å²) in [5.74, 6) is -1.04. The maximum absolute atomic E-state index is 12.9. The number of rotatable bonds is 62. The first-order valence-electron chi connectivity index (χ1n) is 34.7. The first-order chi connectivity index (χ1) is 41.0. The van der Waals surface area contributed by atoms with Gasteiger partial charge in [-0.05, 0) is 116 Å². The topological polar surface area (TPSA) is 78.9 Å². The molecule has 0 saturated carbocycles. The Labute approximate surface area is 513 Å². The molecule has 0 bridgehead atoms. The van der Waals surface area contributed by atoms with Crippen LogP contribution < -0.4 is 0 Å². The summed E-state index contributed by atoms with van der Waals surface area (Å²) in [5, 5.41) is 0. The van der Waals surface area contributed by atoms with Gasteiger partial charge in [0.05, 0.1) is 6.42 Å². The third kappa shape index (κ3) is 68.2. The molecule has 0 saturated heterocycles. The lowest BCUT2D eigenvalue weighted by Crippen LogP contribution is -2.30. The molecule has 0 aliphatic carbocycles. The molecule has 0 rings (SSSR count). The van der Waals surface area contributed by atoms with E-state index in [-0.39, 0.29) is 31.6 Å². The van der Waals surface area contributed by atoms with E-state index in [1.165, 1.54) is 173 Å². The number of esters is 3. The quantitative estimate of drug-likeness (QED) is 0.0261. The number of carbonyl (C=O) groups excluding carboxylic acids is 3. The van der Waals surface area contributed by atoms with Gasteiger partial charge in [0, 0.05) is 12.8 Å². The van der Waals surface area contributed by atoms with Gasteiger partial charge in [0.1, 0.15) is 13.2 Å². The second kappa shape index (κ2) is 70.0. The summed E-state index contributed by atoms with van der Waals surface area (Å²) in [6, 6.07) is 0. The van der Waals surface area contributed by atoms with Crippen molar-refractivity contribution in [2.24, 2.45) is 0 Å². The molecule has 0 aliphatic rings. The van der Waals surface area contributed by atoms with E-state index in [0.29, 0.717) is 12.8 Å². The molecule has 0 heterocycles. The summed E-state index contributed by atoms with van der Waals surface area (Å²) in [5.41, 5.74) is 0. The highest BCUT2D eigenvalue weighted by Crippen LogP contribution is 2.17. The number of hydrogen-bond donors (Lipinski definition) is 0. The largest absolute Gasteiger partial charge is 0.462 e. The third-order valence-corrected chi connectivity index (χ3v) is 14.7. The molecule has 6 heteroatoms. The van der Waals surface area contributed by atoms with Gasteiger partial charge in [-0.15, -0.1) is 0 Å². The Hall–Kier alpha value is -4.45. The Morgan fingerprint density at radius 2 is 0.518 bits per heavy atom. The van der Waals surface area contributed by atoms with Gasteiger partial charge in [0.15, 0.2) is 6.10 Å². The molecular formula is C77H128O6. The van der Waals surface area contributed by atoms with Crippen LogP contribution in [0.25, 0.3) is 0 Å². The van der Waals surface area contributed by atoms with Crippen LogP contribution in [0.1, 0.15) is 316 Å². The lowest BCUT2D eigenvalue weighted by Gasteiger charge is -2.18. The second-order valence-corrected chi connectivity index (χ2v) is 22.7. The molecule has 0 N–H and O–H groups in total. The van der Waals surface area contributed by atoms with Crippen LogP contribution in [0.2, 0.25) is 0 Å². The van der Waals surface area contributed by atoms with Crippen molar-refractivity contribution in [1.82, 2.24) is 0 Å². The fourth-order valence-electron chi connectivity index (χ4n) is 9.54. The number of allylic oxidation sites excluding steroid dienone is 21. The van der Waals surface area contributed by atoms with Gasteiger partial charge in [-0.2, -0.15) is 0 Å². The molecule has 6 nitrogen and oxygen atoms in total. The molecule has 0 radical (unpaired) electrons. The maximum Gasteiger partial charge on any atom is 0.309 e. The maximum atomic E-state index is 12.9.